The van der Waals surface area contributed by atoms with Crippen molar-refractivity contribution in [2.24, 2.45) is 9.98 Å². The molecule has 128 valence electrons. The van der Waals surface area contributed by atoms with E-state index in [0.29, 0.717) is 0 Å². The number of hydrazine groups is 2. The third-order valence-corrected chi connectivity index (χ3v) is 6.51. The molecule has 0 radical (unpaired) electrons. The summed E-state index contributed by atoms with van der Waals surface area (Å²) in [5.41, 5.74) is 9.24. The maximum Gasteiger partial charge on any atom is 0.518 e. The van der Waals surface area contributed by atoms with E-state index in [1.54, 1.807) is 23.5 Å². The summed E-state index contributed by atoms with van der Waals surface area (Å²) in [6.07, 6.45) is 0. The molecule has 1 spiro atoms. The van der Waals surface area contributed by atoms with Crippen LogP contribution < -0.4 is 34.8 Å². The second-order valence-corrected chi connectivity index (χ2v) is 9.13. The van der Waals surface area contributed by atoms with E-state index in [1.165, 1.54) is 11.4 Å². The zero-order valence-electron chi connectivity index (χ0n) is 14.3. The average Bonchev–Trinajstić information content (AvgIpc) is 3.02. The van der Waals surface area contributed by atoms with Crippen molar-refractivity contribution in [3.8, 4) is 0 Å². The Morgan fingerprint density at radius 3 is 2.09 bits per heavy atom. The number of hydrogen-bond acceptors (Lipinski definition) is 4. The summed E-state index contributed by atoms with van der Waals surface area (Å²) in [7, 11) is 8.37. The SMILES string of the molecule is CN=C1N[N+]2=C(C)C(C)=[N+]3NC(=NCC[N+](C)(C)C)SC23S1.[I-]. The number of aliphatic imine (C=N–C) groups is 2. The van der Waals surface area contributed by atoms with Crippen molar-refractivity contribution in [2.45, 2.75) is 18.2 Å². The molecule has 0 amide bonds. The van der Waals surface area contributed by atoms with Gasteiger partial charge in [-0.15, -0.1) is 10.9 Å². The Labute approximate surface area is 163 Å². The van der Waals surface area contributed by atoms with E-state index in [2.05, 4.69) is 60.2 Å². The average molecular weight is 469 g/mol. The number of nitrogens with one attached hydrogen (secondary N) is 2. The van der Waals surface area contributed by atoms with Gasteiger partial charge in [0, 0.05) is 20.9 Å². The lowest BCUT2D eigenvalue weighted by molar-refractivity contribution is -0.868. The molecule has 10 heteroatoms. The first-order chi connectivity index (χ1) is 10.3. The second-order valence-electron chi connectivity index (χ2n) is 6.55. The largest absolute Gasteiger partial charge is 1.00 e. The number of thioether (sulfide) groups is 2. The fourth-order valence-corrected chi connectivity index (χ4v) is 5.22. The van der Waals surface area contributed by atoms with Crippen LogP contribution >= 0.6 is 23.5 Å². The summed E-state index contributed by atoms with van der Waals surface area (Å²) in [6.45, 7) is 6.08. The molecule has 1 atom stereocenters. The quantitative estimate of drug-likeness (QED) is 0.265. The number of quaternary nitrogens is 1. The van der Waals surface area contributed by atoms with Gasteiger partial charge < -0.3 is 28.5 Å². The predicted octanol–water partition coefficient (Wildman–Crippen LogP) is -2.89. The molecule has 1 unspecified atom stereocenters. The summed E-state index contributed by atoms with van der Waals surface area (Å²) in [5, 5.41) is 1.90. The van der Waals surface area contributed by atoms with E-state index < -0.39 is 0 Å². The number of rotatable bonds is 3. The van der Waals surface area contributed by atoms with Crippen molar-refractivity contribution in [3.05, 3.63) is 0 Å². The van der Waals surface area contributed by atoms with Gasteiger partial charge in [-0.2, -0.15) is 0 Å². The highest BCUT2D eigenvalue weighted by Crippen LogP contribution is 2.47. The molecule has 0 bridgehead atoms. The van der Waals surface area contributed by atoms with Crippen molar-refractivity contribution >= 4 is 45.3 Å². The zero-order valence-corrected chi connectivity index (χ0v) is 18.1. The van der Waals surface area contributed by atoms with Crippen molar-refractivity contribution < 1.29 is 37.8 Å². The minimum Gasteiger partial charge on any atom is -1.00 e. The van der Waals surface area contributed by atoms with Gasteiger partial charge in [0.1, 0.15) is 0 Å². The predicted molar refractivity (Wildman–Crippen MR) is 94.6 cm³/mol. The molecule has 3 rings (SSSR count). The Balaban J connectivity index is 0.00000192. The van der Waals surface area contributed by atoms with E-state index in [4.69, 9.17) is 4.99 Å². The summed E-state index contributed by atoms with van der Waals surface area (Å²) in [4.78, 5) is 9.04. The molecule has 2 N–H and O–H groups in total. The van der Waals surface area contributed by atoms with Crippen LogP contribution in [0.4, 0.5) is 0 Å². The lowest BCUT2D eigenvalue weighted by Crippen LogP contribution is -3.00. The Morgan fingerprint density at radius 1 is 1.04 bits per heavy atom. The molecule has 2 saturated heterocycles. The molecule has 0 saturated carbocycles. The van der Waals surface area contributed by atoms with Gasteiger partial charge in [0.25, 0.3) is 11.4 Å². The van der Waals surface area contributed by atoms with E-state index >= 15 is 0 Å². The van der Waals surface area contributed by atoms with Crippen LogP contribution in [0.25, 0.3) is 0 Å². The lowest BCUT2D eigenvalue weighted by Gasteiger charge is -2.22. The molecule has 23 heavy (non-hydrogen) atoms. The van der Waals surface area contributed by atoms with Crippen LogP contribution in [0.3, 0.4) is 0 Å². The van der Waals surface area contributed by atoms with Gasteiger partial charge in [0.05, 0.1) is 57.8 Å². The van der Waals surface area contributed by atoms with Crippen molar-refractivity contribution in [2.75, 3.05) is 41.3 Å². The van der Waals surface area contributed by atoms with Crippen molar-refractivity contribution in [3.63, 3.8) is 0 Å². The van der Waals surface area contributed by atoms with E-state index in [0.717, 1.165) is 27.9 Å². The first kappa shape index (κ1) is 19.0. The molecule has 3 aliphatic heterocycles. The zero-order chi connectivity index (χ0) is 16.1. The molecule has 0 aromatic heterocycles. The van der Waals surface area contributed by atoms with Gasteiger partial charge in [-0.3, -0.25) is 9.98 Å². The molecule has 3 aliphatic rings. The van der Waals surface area contributed by atoms with Crippen molar-refractivity contribution in [1.29, 1.82) is 0 Å². The molecule has 7 nitrogen and oxygen atoms in total. The highest BCUT2D eigenvalue weighted by Gasteiger charge is 2.74. The number of halogens is 1. The van der Waals surface area contributed by atoms with E-state index in [1.807, 2.05) is 7.05 Å². The van der Waals surface area contributed by atoms with Crippen LogP contribution in [0, 0.1) is 0 Å². The first-order valence-corrected chi connectivity index (χ1v) is 8.91. The topological polar surface area (TPSA) is 54.8 Å². The van der Waals surface area contributed by atoms with Gasteiger partial charge in [0.2, 0.25) is 10.3 Å². The number of amidine groups is 2. The van der Waals surface area contributed by atoms with Crippen LogP contribution in [-0.2, 0) is 0 Å². The monoisotopic (exact) mass is 469 g/mol. The Hall–Kier alpha value is -0.330. The molecule has 0 aromatic carbocycles. The highest BCUT2D eigenvalue weighted by molar-refractivity contribution is 8.30. The van der Waals surface area contributed by atoms with Crippen LogP contribution in [0.1, 0.15) is 13.8 Å². The Morgan fingerprint density at radius 2 is 1.57 bits per heavy atom. The van der Waals surface area contributed by atoms with Gasteiger partial charge in [-0.25, -0.2) is 0 Å². The maximum absolute atomic E-state index is 4.74. The number of hydrogen-bond donors (Lipinski definition) is 2. The van der Waals surface area contributed by atoms with Gasteiger partial charge in [-0.1, -0.05) is 0 Å². The first-order valence-electron chi connectivity index (χ1n) is 7.28. The third kappa shape index (κ3) is 3.27. The maximum atomic E-state index is 4.74. The highest BCUT2D eigenvalue weighted by atomic mass is 127. The molecule has 0 aromatic rings. The number of hydrazone groups is 2. The van der Waals surface area contributed by atoms with Crippen LogP contribution in [0.2, 0.25) is 0 Å². The van der Waals surface area contributed by atoms with Crippen molar-refractivity contribution in [1.82, 2.24) is 10.9 Å². The standard InChI is InChI=1S/C13H23N7S2.HI/c1-9-10(2)19-13(18(9)16-11(14-3)21-13)22-12(17-19)15-7-8-20(4,5)6;/h7-8H2,1-6H3,(H,15,17);1H/q+2;. The van der Waals surface area contributed by atoms with Gasteiger partial charge in [-0.05, 0) is 9.37 Å². The molecule has 3 heterocycles. The lowest BCUT2D eigenvalue weighted by atomic mass is 10.3. The van der Waals surface area contributed by atoms with Gasteiger partial charge >= 0.3 is 4.33 Å². The Kier molecular flexibility index (Phi) is 5.39. The molecular formula is C13H24IN7S2+2. The minimum atomic E-state index is -0.279. The smallest absolute Gasteiger partial charge is 0.518 e. The van der Waals surface area contributed by atoms with Crippen LogP contribution in [0.15, 0.2) is 9.98 Å². The van der Waals surface area contributed by atoms with E-state index in [-0.39, 0.29) is 28.3 Å². The fourth-order valence-electron chi connectivity index (χ4n) is 2.46. The summed E-state index contributed by atoms with van der Waals surface area (Å²) in [6, 6.07) is 0. The normalized spacial score (nSPS) is 29.7. The van der Waals surface area contributed by atoms with Crippen LogP contribution in [0.5, 0.6) is 0 Å². The molecule has 2 fully saturated rings. The third-order valence-electron chi connectivity index (χ3n) is 3.86. The van der Waals surface area contributed by atoms with Gasteiger partial charge in [0.15, 0.2) is 0 Å². The van der Waals surface area contributed by atoms with E-state index in [9.17, 15) is 0 Å². The molecular weight excluding hydrogens is 445 g/mol. The summed E-state index contributed by atoms with van der Waals surface area (Å²) >= 11 is 3.45. The minimum absolute atomic E-state index is 0. The Bertz CT molecular complexity index is 647. The number of nitrogens with zero attached hydrogens (tertiary/aromatic N) is 5. The summed E-state index contributed by atoms with van der Waals surface area (Å²) < 4.78 is 5.00. The molecule has 0 aliphatic carbocycles. The fraction of sp³-hybridized carbons (Fsp3) is 0.692. The summed E-state index contributed by atoms with van der Waals surface area (Å²) in [5.74, 6) is 0. The van der Waals surface area contributed by atoms with Crippen LogP contribution in [-0.4, -0.2) is 81.2 Å². The second kappa shape index (κ2) is 6.52. The number of likely N-dealkylation sites (N-methyl/N-ethyl adjacent to an activating group) is 1.